The summed E-state index contributed by atoms with van der Waals surface area (Å²) in [4.78, 5) is -0.256. The van der Waals surface area contributed by atoms with Gasteiger partial charge in [-0.2, -0.15) is 0 Å². The lowest BCUT2D eigenvalue weighted by molar-refractivity contribution is -0.275. The summed E-state index contributed by atoms with van der Waals surface area (Å²) >= 11 is 0. The van der Waals surface area contributed by atoms with Crippen molar-refractivity contribution in [1.29, 1.82) is 0 Å². The van der Waals surface area contributed by atoms with Gasteiger partial charge in [0.25, 0.3) is 0 Å². The summed E-state index contributed by atoms with van der Waals surface area (Å²) < 4.78 is 62.3. The van der Waals surface area contributed by atoms with Gasteiger partial charge < -0.3 is 10.5 Å². The number of hydrogen-bond donors (Lipinski definition) is 1. The van der Waals surface area contributed by atoms with E-state index in [1.807, 2.05) is 0 Å². The van der Waals surface area contributed by atoms with Gasteiger partial charge in [0.05, 0.1) is 4.90 Å². The highest BCUT2D eigenvalue weighted by Crippen LogP contribution is 2.28. The number of rotatable bonds is 3. The van der Waals surface area contributed by atoms with E-state index in [1.54, 1.807) is 0 Å². The molecule has 0 aliphatic carbocycles. The average molecular weight is 269 g/mol. The maximum atomic E-state index is 12.1. The highest BCUT2D eigenvalue weighted by Gasteiger charge is 2.32. The van der Waals surface area contributed by atoms with Crippen molar-refractivity contribution in [3.63, 3.8) is 0 Å². The number of benzene rings is 1. The van der Waals surface area contributed by atoms with E-state index < -0.39 is 21.9 Å². The first-order valence-corrected chi connectivity index (χ1v) is 6.31. The zero-order chi connectivity index (χ0) is 13.3. The first-order chi connectivity index (χ1) is 7.63. The molecule has 8 heteroatoms. The van der Waals surface area contributed by atoms with Gasteiger partial charge >= 0.3 is 6.36 Å². The topological polar surface area (TPSA) is 69.4 Å². The van der Waals surface area contributed by atoms with Gasteiger partial charge in [0.2, 0.25) is 0 Å². The molecule has 0 atom stereocenters. The second-order valence-electron chi connectivity index (χ2n) is 3.29. The molecule has 1 aromatic rings. The van der Waals surface area contributed by atoms with Crippen LogP contribution in [0.2, 0.25) is 0 Å². The van der Waals surface area contributed by atoms with E-state index in [2.05, 4.69) is 4.74 Å². The van der Waals surface area contributed by atoms with E-state index in [0.717, 1.165) is 12.3 Å². The molecule has 17 heavy (non-hydrogen) atoms. The third kappa shape index (κ3) is 3.90. The summed E-state index contributed by atoms with van der Waals surface area (Å²) in [7, 11) is -3.59. The smallest absolute Gasteiger partial charge is 0.405 e. The number of sulfone groups is 1. The lowest BCUT2D eigenvalue weighted by Crippen LogP contribution is -2.19. The summed E-state index contributed by atoms with van der Waals surface area (Å²) in [6.07, 6.45) is -4.00. The van der Waals surface area contributed by atoms with Crippen LogP contribution < -0.4 is 10.5 Å². The SMILES string of the molecule is CS(=O)(=O)c1ccc(CN)c(OC(F)(F)F)c1. The molecule has 0 aliphatic heterocycles. The molecule has 2 N–H and O–H groups in total. The summed E-state index contributed by atoms with van der Waals surface area (Å²) in [5.74, 6) is -0.595. The second kappa shape index (κ2) is 4.53. The van der Waals surface area contributed by atoms with E-state index >= 15 is 0 Å². The molecule has 1 aromatic carbocycles. The molecule has 0 aromatic heterocycles. The van der Waals surface area contributed by atoms with Crippen LogP contribution in [0.5, 0.6) is 5.75 Å². The molecular formula is C9H10F3NO3S. The van der Waals surface area contributed by atoms with Crippen LogP contribution in [0.25, 0.3) is 0 Å². The van der Waals surface area contributed by atoms with E-state index in [0.29, 0.717) is 0 Å². The van der Waals surface area contributed by atoms with Crippen LogP contribution in [-0.4, -0.2) is 21.0 Å². The van der Waals surface area contributed by atoms with Crippen LogP contribution in [0.1, 0.15) is 5.56 Å². The third-order valence-corrected chi connectivity index (χ3v) is 3.02. The molecule has 0 radical (unpaired) electrons. The van der Waals surface area contributed by atoms with Crippen molar-refractivity contribution in [1.82, 2.24) is 0 Å². The molecule has 0 spiro atoms. The summed E-state index contributed by atoms with van der Waals surface area (Å²) in [5.41, 5.74) is 5.31. The van der Waals surface area contributed by atoms with E-state index in [-0.39, 0.29) is 17.0 Å². The fraction of sp³-hybridized carbons (Fsp3) is 0.333. The van der Waals surface area contributed by atoms with Crippen molar-refractivity contribution in [2.75, 3.05) is 6.26 Å². The van der Waals surface area contributed by atoms with Crippen LogP contribution >= 0.6 is 0 Å². The standard InChI is InChI=1S/C9H10F3NO3S/c1-17(14,15)7-3-2-6(5-13)8(4-7)16-9(10,11)12/h2-4H,5,13H2,1H3. The van der Waals surface area contributed by atoms with Crippen molar-refractivity contribution in [3.8, 4) is 5.75 Å². The molecule has 1 rings (SSSR count). The van der Waals surface area contributed by atoms with Crippen molar-refractivity contribution in [2.24, 2.45) is 5.73 Å². The Hall–Kier alpha value is -1.28. The van der Waals surface area contributed by atoms with E-state index in [9.17, 15) is 21.6 Å². The Kier molecular flexibility index (Phi) is 3.68. The van der Waals surface area contributed by atoms with E-state index in [4.69, 9.17) is 5.73 Å². The Bertz CT molecular complexity index is 511. The quantitative estimate of drug-likeness (QED) is 0.901. The Morgan fingerprint density at radius 1 is 1.35 bits per heavy atom. The Balaban J connectivity index is 3.25. The predicted octanol–water partition coefficient (Wildman–Crippen LogP) is 1.45. The number of hydrogen-bond acceptors (Lipinski definition) is 4. The van der Waals surface area contributed by atoms with Crippen molar-refractivity contribution in [2.45, 2.75) is 17.8 Å². The molecule has 0 saturated carbocycles. The van der Waals surface area contributed by atoms with Gasteiger partial charge in [0, 0.05) is 18.4 Å². The van der Waals surface area contributed by atoms with Crippen molar-refractivity contribution in [3.05, 3.63) is 23.8 Å². The highest BCUT2D eigenvalue weighted by atomic mass is 32.2. The number of ether oxygens (including phenoxy) is 1. The Morgan fingerprint density at radius 2 is 1.94 bits per heavy atom. The first-order valence-electron chi connectivity index (χ1n) is 4.42. The minimum absolute atomic E-state index is 0.0784. The molecule has 0 heterocycles. The molecule has 96 valence electrons. The maximum absolute atomic E-state index is 12.1. The first kappa shape index (κ1) is 13.8. The number of nitrogens with two attached hydrogens (primary N) is 1. The monoisotopic (exact) mass is 269 g/mol. The molecule has 0 bridgehead atoms. The zero-order valence-electron chi connectivity index (χ0n) is 8.78. The minimum Gasteiger partial charge on any atom is -0.405 e. The number of alkyl halides is 3. The Morgan fingerprint density at radius 3 is 2.35 bits per heavy atom. The van der Waals surface area contributed by atoms with Gasteiger partial charge in [0.1, 0.15) is 5.75 Å². The molecule has 0 amide bonds. The summed E-state index contributed by atoms with van der Waals surface area (Å²) in [5, 5.41) is 0. The van der Waals surface area contributed by atoms with Crippen LogP contribution in [0, 0.1) is 0 Å². The third-order valence-electron chi connectivity index (χ3n) is 1.91. The minimum atomic E-state index is -4.89. The predicted molar refractivity (Wildman–Crippen MR) is 54.1 cm³/mol. The van der Waals surface area contributed by atoms with Crippen molar-refractivity contribution < 1.29 is 26.3 Å². The van der Waals surface area contributed by atoms with Crippen LogP contribution in [0.4, 0.5) is 13.2 Å². The highest BCUT2D eigenvalue weighted by molar-refractivity contribution is 7.90. The zero-order valence-corrected chi connectivity index (χ0v) is 9.60. The fourth-order valence-corrected chi connectivity index (χ4v) is 1.79. The normalized spacial score (nSPS) is 12.5. The van der Waals surface area contributed by atoms with E-state index in [1.165, 1.54) is 12.1 Å². The lowest BCUT2D eigenvalue weighted by Gasteiger charge is -2.13. The van der Waals surface area contributed by atoms with Gasteiger partial charge in [-0.05, 0) is 12.1 Å². The molecular weight excluding hydrogens is 259 g/mol. The fourth-order valence-electron chi connectivity index (χ4n) is 1.15. The Labute approximate surface area is 96.1 Å². The maximum Gasteiger partial charge on any atom is 0.573 e. The van der Waals surface area contributed by atoms with Crippen LogP contribution in [-0.2, 0) is 16.4 Å². The summed E-state index contributed by atoms with van der Waals surface area (Å²) in [6, 6.07) is 3.18. The van der Waals surface area contributed by atoms with Gasteiger partial charge in [-0.15, -0.1) is 13.2 Å². The summed E-state index contributed by atoms with van der Waals surface area (Å²) in [6.45, 7) is -0.185. The van der Waals surface area contributed by atoms with Gasteiger partial charge in [-0.3, -0.25) is 0 Å². The lowest BCUT2D eigenvalue weighted by atomic mass is 10.2. The molecule has 4 nitrogen and oxygen atoms in total. The average Bonchev–Trinajstić information content (AvgIpc) is 2.13. The van der Waals surface area contributed by atoms with Crippen LogP contribution in [0.3, 0.4) is 0 Å². The second-order valence-corrected chi connectivity index (χ2v) is 5.31. The molecule has 0 aliphatic rings. The van der Waals surface area contributed by atoms with Crippen LogP contribution in [0.15, 0.2) is 23.1 Å². The van der Waals surface area contributed by atoms with Gasteiger partial charge in [-0.25, -0.2) is 8.42 Å². The number of halogens is 3. The molecule has 0 unspecified atom stereocenters. The molecule has 0 fully saturated rings. The van der Waals surface area contributed by atoms with Gasteiger partial charge in [-0.1, -0.05) is 6.07 Å². The molecule has 0 saturated heterocycles. The van der Waals surface area contributed by atoms with Crippen molar-refractivity contribution >= 4 is 9.84 Å². The largest absolute Gasteiger partial charge is 0.573 e. The van der Waals surface area contributed by atoms with Gasteiger partial charge in [0.15, 0.2) is 9.84 Å².